The number of rotatable bonds is 5. The van der Waals surface area contributed by atoms with Gasteiger partial charge in [-0.3, -0.25) is 9.59 Å². The van der Waals surface area contributed by atoms with E-state index in [4.69, 9.17) is 25.3 Å². The van der Waals surface area contributed by atoms with Crippen LogP contribution in [0.1, 0.15) is 50.0 Å². The number of methoxy groups -OCH3 is 1. The fourth-order valence-electron chi connectivity index (χ4n) is 4.88. The summed E-state index contributed by atoms with van der Waals surface area (Å²) in [7, 11) is -2.80. The van der Waals surface area contributed by atoms with Crippen molar-refractivity contribution in [3.8, 4) is 11.5 Å². The van der Waals surface area contributed by atoms with E-state index in [1.165, 1.54) is 25.3 Å². The summed E-state index contributed by atoms with van der Waals surface area (Å²) in [6.45, 7) is 0. The van der Waals surface area contributed by atoms with Gasteiger partial charge in [-0.15, -0.1) is 0 Å². The van der Waals surface area contributed by atoms with E-state index >= 15 is 0 Å². The van der Waals surface area contributed by atoms with Gasteiger partial charge in [0.05, 0.1) is 12.1 Å². The smallest absolute Gasteiger partial charge is 0.339 e. The Balaban J connectivity index is 1.62. The van der Waals surface area contributed by atoms with Gasteiger partial charge in [0, 0.05) is 42.7 Å². The quantitative estimate of drug-likeness (QED) is 0.503. The van der Waals surface area contributed by atoms with Crippen LogP contribution in [-0.4, -0.2) is 27.1 Å². The molecule has 0 saturated heterocycles. The average Bonchev–Trinajstić information content (AvgIpc) is 2.85. The lowest BCUT2D eigenvalue weighted by atomic mass is 9.73. The van der Waals surface area contributed by atoms with Gasteiger partial charge in [0.15, 0.2) is 17.3 Å². The Labute approximate surface area is 208 Å². The molecule has 0 aromatic heterocycles. The van der Waals surface area contributed by atoms with Gasteiger partial charge in [-0.25, -0.2) is 0 Å². The Bertz CT molecular complexity index is 1350. The van der Waals surface area contributed by atoms with Crippen LogP contribution in [0.3, 0.4) is 0 Å². The number of ketones is 2. The van der Waals surface area contributed by atoms with Crippen LogP contribution < -0.4 is 8.92 Å². The highest BCUT2D eigenvalue weighted by atomic mass is 35.5. The number of carbonyl (C=O) groups excluding carboxylic acids is 2. The lowest BCUT2D eigenvalue weighted by molar-refractivity contribution is -0.117. The van der Waals surface area contributed by atoms with Crippen molar-refractivity contribution < 1.29 is 31.7 Å². The molecule has 1 heterocycles. The monoisotopic (exact) mass is 514 g/mol. The lowest BCUT2D eigenvalue weighted by Gasteiger charge is -2.36. The van der Waals surface area contributed by atoms with Gasteiger partial charge in [0.1, 0.15) is 16.4 Å². The summed E-state index contributed by atoms with van der Waals surface area (Å²) in [4.78, 5) is 26.0. The first-order chi connectivity index (χ1) is 16.8. The van der Waals surface area contributed by atoms with E-state index in [9.17, 15) is 18.0 Å². The topological polar surface area (TPSA) is 96.0 Å². The zero-order valence-corrected chi connectivity index (χ0v) is 20.6. The second-order valence-corrected chi connectivity index (χ2v) is 10.6. The van der Waals surface area contributed by atoms with Crippen LogP contribution in [0.5, 0.6) is 11.5 Å². The first-order valence-electron chi connectivity index (χ1n) is 11.4. The SMILES string of the molecule is COc1cc(C2C3=C(CCCC3=O)OC3=C2C(=O)CCC3)cc(Cl)c1OS(=O)(=O)c1ccccc1. The van der Waals surface area contributed by atoms with Crippen molar-refractivity contribution >= 4 is 33.3 Å². The van der Waals surface area contributed by atoms with E-state index in [0.717, 1.165) is 0 Å². The molecule has 0 fully saturated rings. The molecule has 0 spiro atoms. The Morgan fingerprint density at radius 3 is 2.09 bits per heavy atom. The highest BCUT2D eigenvalue weighted by molar-refractivity contribution is 7.87. The number of hydrogen-bond acceptors (Lipinski definition) is 7. The van der Waals surface area contributed by atoms with Gasteiger partial charge in [0.2, 0.25) is 5.75 Å². The van der Waals surface area contributed by atoms with Crippen LogP contribution in [0.25, 0.3) is 0 Å². The molecule has 0 unspecified atom stereocenters. The Hall–Kier alpha value is -3.10. The summed E-state index contributed by atoms with van der Waals surface area (Å²) < 4.78 is 42.5. The molecule has 0 radical (unpaired) electrons. The Kier molecular flexibility index (Phi) is 6.19. The van der Waals surface area contributed by atoms with Crippen molar-refractivity contribution in [3.05, 3.63) is 75.7 Å². The number of ether oxygens (including phenoxy) is 2. The molecule has 0 N–H and O–H groups in total. The van der Waals surface area contributed by atoms with Gasteiger partial charge in [-0.1, -0.05) is 29.8 Å². The number of benzene rings is 2. The van der Waals surface area contributed by atoms with E-state index in [1.54, 1.807) is 24.3 Å². The number of carbonyl (C=O) groups is 2. The molecule has 35 heavy (non-hydrogen) atoms. The zero-order chi connectivity index (χ0) is 24.7. The highest BCUT2D eigenvalue weighted by Crippen LogP contribution is 2.50. The molecule has 1 aliphatic heterocycles. The third-order valence-corrected chi connectivity index (χ3v) is 7.97. The van der Waals surface area contributed by atoms with Crippen LogP contribution in [0.4, 0.5) is 0 Å². The summed E-state index contributed by atoms with van der Waals surface area (Å²) in [5.74, 6) is 0.326. The first-order valence-corrected chi connectivity index (χ1v) is 13.2. The van der Waals surface area contributed by atoms with Gasteiger partial charge in [-0.2, -0.15) is 8.42 Å². The maximum absolute atomic E-state index is 13.0. The summed E-state index contributed by atoms with van der Waals surface area (Å²) in [5.41, 5.74) is 1.48. The molecular weight excluding hydrogens is 492 g/mol. The third kappa shape index (κ3) is 4.25. The minimum absolute atomic E-state index is 0.0128. The predicted octanol–water partition coefficient (Wildman–Crippen LogP) is 5.24. The molecule has 9 heteroatoms. The van der Waals surface area contributed by atoms with Gasteiger partial charge in [-0.05, 0) is 42.7 Å². The fourth-order valence-corrected chi connectivity index (χ4v) is 6.16. The Morgan fingerprint density at radius 2 is 1.51 bits per heavy atom. The van der Waals surface area contributed by atoms with Crippen molar-refractivity contribution in [3.63, 3.8) is 0 Å². The molecule has 7 nitrogen and oxygen atoms in total. The molecular formula is C26H23ClO7S. The second-order valence-electron chi connectivity index (χ2n) is 8.65. The molecule has 0 amide bonds. The van der Waals surface area contributed by atoms with Crippen LogP contribution in [0.15, 0.2) is 70.0 Å². The lowest BCUT2D eigenvalue weighted by Crippen LogP contribution is -2.30. The standard InChI is InChI=1S/C26H23ClO7S/c1-32-22-14-15(13-17(27)26(22)34-35(30,31)16-7-3-2-4-8-16)23-24-18(28)9-5-11-20(24)33-21-12-6-10-19(29)25(21)23/h2-4,7-8,13-14,23H,5-6,9-12H2,1H3. The molecule has 182 valence electrons. The summed E-state index contributed by atoms with van der Waals surface area (Å²) >= 11 is 6.55. The maximum atomic E-state index is 13.0. The number of halogens is 1. The van der Waals surface area contributed by atoms with Gasteiger partial charge >= 0.3 is 10.1 Å². The van der Waals surface area contributed by atoms with Crippen molar-refractivity contribution in [2.24, 2.45) is 0 Å². The van der Waals surface area contributed by atoms with Gasteiger partial charge in [0.25, 0.3) is 0 Å². The second kappa shape index (κ2) is 9.17. The number of hydrogen-bond donors (Lipinski definition) is 0. The average molecular weight is 515 g/mol. The fraction of sp³-hybridized carbons (Fsp3) is 0.308. The van der Waals surface area contributed by atoms with Crippen molar-refractivity contribution in [2.75, 3.05) is 7.11 Å². The molecule has 5 rings (SSSR count). The number of allylic oxidation sites excluding steroid dienone is 4. The zero-order valence-electron chi connectivity index (χ0n) is 19.0. The van der Waals surface area contributed by atoms with Crippen molar-refractivity contribution in [2.45, 2.75) is 49.3 Å². The molecule has 0 atom stereocenters. The van der Waals surface area contributed by atoms with E-state index in [0.29, 0.717) is 66.8 Å². The first kappa shape index (κ1) is 23.6. The summed E-state index contributed by atoms with van der Waals surface area (Å²) in [6.07, 6.45) is 3.35. The minimum Gasteiger partial charge on any atom is -0.493 e. The normalized spacial score (nSPS) is 18.7. The van der Waals surface area contributed by atoms with Crippen LogP contribution in [-0.2, 0) is 24.4 Å². The van der Waals surface area contributed by atoms with Crippen LogP contribution in [0, 0.1) is 0 Å². The number of Topliss-reactive ketones (excluding diaryl/α,β-unsaturated/α-hetero) is 2. The third-order valence-electron chi connectivity index (χ3n) is 6.45. The van der Waals surface area contributed by atoms with Crippen molar-refractivity contribution in [1.82, 2.24) is 0 Å². The van der Waals surface area contributed by atoms with E-state index in [-0.39, 0.29) is 33.0 Å². The summed E-state index contributed by atoms with van der Waals surface area (Å²) in [5, 5.41) is -0.0128. The summed E-state index contributed by atoms with van der Waals surface area (Å²) in [6, 6.07) is 10.8. The molecule has 0 saturated carbocycles. The molecule has 2 aromatic carbocycles. The molecule has 2 aromatic rings. The molecule has 2 aliphatic carbocycles. The predicted molar refractivity (Wildman–Crippen MR) is 128 cm³/mol. The largest absolute Gasteiger partial charge is 0.493 e. The van der Waals surface area contributed by atoms with E-state index in [1.807, 2.05) is 0 Å². The van der Waals surface area contributed by atoms with Crippen molar-refractivity contribution in [1.29, 1.82) is 0 Å². The van der Waals surface area contributed by atoms with Crippen LogP contribution in [0.2, 0.25) is 5.02 Å². The van der Waals surface area contributed by atoms with E-state index < -0.39 is 16.0 Å². The van der Waals surface area contributed by atoms with E-state index in [2.05, 4.69) is 0 Å². The minimum atomic E-state index is -4.17. The molecule has 0 bridgehead atoms. The highest BCUT2D eigenvalue weighted by Gasteiger charge is 2.42. The molecule has 3 aliphatic rings. The Morgan fingerprint density at radius 1 is 0.914 bits per heavy atom. The van der Waals surface area contributed by atoms with Crippen LogP contribution >= 0.6 is 11.6 Å². The maximum Gasteiger partial charge on any atom is 0.339 e. The van der Waals surface area contributed by atoms with Gasteiger partial charge < -0.3 is 13.7 Å².